The van der Waals surface area contributed by atoms with Crippen molar-refractivity contribution in [1.82, 2.24) is 0 Å². The van der Waals surface area contributed by atoms with E-state index in [4.69, 9.17) is 0 Å². The van der Waals surface area contributed by atoms with E-state index in [1.807, 2.05) is 25.1 Å². The molecule has 0 aliphatic carbocycles. The Hall–Kier alpha value is -2.54. The summed E-state index contributed by atoms with van der Waals surface area (Å²) < 4.78 is 23.6. The fourth-order valence-corrected chi connectivity index (χ4v) is 4.46. The van der Waals surface area contributed by atoms with Crippen molar-refractivity contribution in [3.63, 3.8) is 0 Å². The summed E-state index contributed by atoms with van der Waals surface area (Å²) in [6, 6.07) is 12.5. The molecule has 2 N–H and O–H groups in total. The molecule has 7 heteroatoms. The molecule has 0 saturated heterocycles. The van der Waals surface area contributed by atoms with Crippen molar-refractivity contribution in [3.8, 4) is 0 Å². The highest BCUT2D eigenvalue weighted by Gasteiger charge is 2.34. The molecule has 0 aliphatic heterocycles. The minimum Gasteiger partial charge on any atom is -0.481 e. The van der Waals surface area contributed by atoms with Crippen LogP contribution >= 0.6 is 0 Å². The van der Waals surface area contributed by atoms with E-state index >= 15 is 0 Å². The Morgan fingerprint density at radius 3 is 2.00 bits per heavy atom. The molecule has 1 atom stereocenters. The Kier molecular flexibility index (Phi) is 8.57. The first-order chi connectivity index (χ1) is 15.3. The van der Waals surface area contributed by atoms with Gasteiger partial charge in [0.1, 0.15) is 0 Å². The number of carbonyl (C=O) groups is 1. The lowest BCUT2D eigenvalue weighted by molar-refractivity contribution is -0.143. The zero-order chi connectivity index (χ0) is 25.0. The molecular formula is C26H38N2O4S. The number of nitrogens with one attached hydrogen (secondary N) is 1. The maximum absolute atomic E-state index is 12.1. The molecule has 0 aromatic heterocycles. The summed E-state index contributed by atoms with van der Waals surface area (Å²) in [6.45, 7) is 14.1. The summed E-state index contributed by atoms with van der Waals surface area (Å²) in [7, 11) is -3.28. The van der Waals surface area contributed by atoms with Crippen LogP contribution in [0.15, 0.2) is 47.4 Å². The third-order valence-corrected chi connectivity index (χ3v) is 7.01. The van der Waals surface area contributed by atoms with Gasteiger partial charge in [0.15, 0.2) is 9.84 Å². The number of benzene rings is 2. The number of carboxylic acid groups (broad SMARTS) is 1. The molecule has 0 radical (unpaired) electrons. The minimum atomic E-state index is -3.28. The summed E-state index contributed by atoms with van der Waals surface area (Å²) in [5.74, 6) is 0.0397. The number of rotatable bonds is 11. The molecule has 0 saturated carbocycles. The first-order valence-electron chi connectivity index (χ1n) is 11.5. The second-order valence-corrected chi connectivity index (χ2v) is 11.9. The van der Waals surface area contributed by atoms with E-state index in [1.54, 1.807) is 31.2 Å². The van der Waals surface area contributed by atoms with Crippen LogP contribution in [0.4, 0.5) is 17.1 Å². The maximum Gasteiger partial charge on any atom is 0.313 e. The number of hydrogen-bond donors (Lipinski definition) is 2. The number of hydrogen-bond acceptors (Lipinski definition) is 5. The molecule has 0 spiro atoms. The van der Waals surface area contributed by atoms with Gasteiger partial charge < -0.3 is 15.3 Å². The van der Waals surface area contributed by atoms with Gasteiger partial charge in [-0.05, 0) is 67.1 Å². The summed E-state index contributed by atoms with van der Waals surface area (Å²) in [6.07, 6.45) is 1.65. The molecular weight excluding hydrogens is 436 g/mol. The van der Waals surface area contributed by atoms with Crippen molar-refractivity contribution < 1.29 is 18.3 Å². The predicted octanol–water partition coefficient (Wildman–Crippen LogP) is 5.70. The number of sulfone groups is 1. The minimum absolute atomic E-state index is 0.257. The Balaban J connectivity index is 2.60. The highest BCUT2D eigenvalue weighted by molar-refractivity contribution is 7.90. The van der Waals surface area contributed by atoms with Crippen molar-refractivity contribution in [2.45, 2.75) is 58.3 Å². The Morgan fingerprint density at radius 1 is 1.03 bits per heavy atom. The molecule has 6 nitrogen and oxygen atoms in total. The van der Waals surface area contributed by atoms with Crippen molar-refractivity contribution in [2.24, 2.45) is 11.8 Å². The third kappa shape index (κ3) is 6.73. The van der Waals surface area contributed by atoms with Gasteiger partial charge >= 0.3 is 5.97 Å². The average Bonchev–Trinajstić information content (AvgIpc) is 2.71. The summed E-state index contributed by atoms with van der Waals surface area (Å²) in [4.78, 5) is 14.7. The van der Waals surface area contributed by atoms with Crippen LogP contribution in [-0.2, 0) is 20.0 Å². The number of nitrogens with zero attached hydrogens (tertiary/aromatic N) is 1. The van der Waals surface area contributed by atoms with Crippen LogP contribution in [0.1, 0.15) is 53.5 Å². The Morgan fingerprint density at radius 2 is 1.58 bits per heavy atom. The second-order valence-electron chi connectivity index (χ2n) is 9.84. The van der Waals surface area contributed by atoms with Gasteiger partial charge in [-0.25, -0.2) is 8.42 Å². The van der Waals surface area contributed by atoms with E-state index in [0.717, 1.165) is 35.7 Å². The first kappa shape index (κ1) is 26.7. The van der Waals surface area contributed by atoms with Gasteiger partial charge in [0.2, 0.25) is 0 Å². The molecule has 0 amide bonds. The summed E-state index contributed by atoms with van der Waals surface area (Å²) >= 11 is 0. The molecule has 0 heterocycles. The SMILES string of the molecule is CC[C@](C)(C(=O)O)c1ccc(N(CC(C)C)CC(C)C)c(Nc2ccc(S(C)(=O)=O)cc2)c1. The maximum atomic E-state index is 12.1. The van der Waals surface area contributed by atoms with E-state index in [9.17, 15) is 18.3 Å². The fraction of sp³-hybridized carbons (Fsp3) is 0.500. The van der Waals surface area contributed by atoms with E-state index < -0.39 is 21.2 Å². The van der Waals surface area contributed by atoms with E-state index in [-0.39, 0.29) is 4.90 Å². The largest absolute Gasteiger partial charge is 0.481 e. The van der Waals surface area contributed by atoms with Crippen molar-refractivity contribution in [2.75, 3.05) is 29.6 Å². The third-order valence-electron chi connectivity index (χ3n) is 5.89. The van der Waals surface area contributed by atoms with E-state index in [2.05, 4.69) is 37.9 Å². The molecule has 2 aromatic rings. The highest BCUT2D eigenvalue weighted by atomic mass is 32.2. The molecule has 0 unspecified atom stereocenters. The molecule has 182 valence electrons. The van der Waals surface area contributed by atoms with Gasteiger partial charge in [0.05, 0.1) is 21.7 Å². The van der Waals surface area contributed by atoms with Crippen LogP contribution in [-0.4, -0.2) is 38.8 Å². The number of anilines is 3. The van der Waals surface area contributed by atoms with Crippen LogP contribution in [0.3, 0.4) is 0 Å². The molecule has 2 aromatic carbocycles. The zero-order valence-corrected chi connectivity index (χ0v) is 21.7. The standard InChI is InChI=1S/C26H38N2O4S/c1-8-26(6,25(29)30)20-9-14-24(28(16-18(2)3)17-19(4)5)23(15-20)27-21-10-12-22(13-11-21)33(7,31)32/h9-15,18-19,27H,8,16-17H2,1-7H3,(H,29,30)/t26-/m0/s1. The van der Waals surface area contributed by atoms with Crippen molar-refractivity contribution >= 4 is 32.9 Å². The second kappa shape index (κ2) is 10.6. The predicted molar refractivity (Wildman–Crippen MR) is 136 cm³/mol. The number of carboxylic acids is 1. The molecule has 2 rings (SSSR count). The Labute approximate surface area is 198 Å². The number of aliphatic carboxylic acids is 1. The highest BCUT2D eigenvalue weighted by Crippen LogP contribution is 2.37. The summed E-state index contributed by atoms with van der Waals surface area (Å²) in [5, 5.41) is 13.3. The van der Waals surface area contributed by atoms with Crippen LogP contribution in [0.5, 0.6) is 0 Å². The molecule has 33 heavy (non-hydrogen) atoms. The average molecular weight is 475 g/mol. The van der Waals surface area contributed by atoms with Gasteiger partial charge in [-0.3, -0.25) is 4.79 Å². The quantitative estimate of drug-likeness (QED) is 0.434. The van der Waals surface area contributed by atoms with Crippen molar-refractivity contribution in [3.05, 3.63) is 48.0 Å². The zero-order valence-electron chi connectivity index (χ0n) is 20.8. The normalized spacial score (nSPS) is 13.7. The lowest BCUT2D eigenvalue weighted by Crippen LogP contribution is -2.33. The first-order valence-corrected chi connectivity index (χ1v) is 13.4. The van der Waals surface area contributed by atoms with Crippen LogP contribution in [0, 0.1) is 11.8 Å². The van der Waals surface area contributed by atoms with E-state index in [0.29, 0.717) is 18.3 Å². The summed E-state index contributed by atoms with van der Waals surface area (Å²) in [5.41, 5.74) is 2.27. The van der Waals surface area contributed by atoms with Gasteiger partial charge in [0, 0.05) is 25.0 Å². The van der Waals surface area contributed by atoms with Gasteiger partial charge in [-0.15, -0.1) is 0 Å². The van der Waals surface area contributed by atoms with E-state index in [1.165, 1.54) is 6.26 Å². The van der Waals surface area contributed by atoms with Crippen LogP contribution < -0.4 is 10.2 Å². The fourth-order valence-electron chi connectivity index (χ4n) is 3.83. The lowest BCUT2D eigenvalue weighted by atomic mass is 9.80. The molecule has 0 fully saturated rings. The molecule has 0 aliphatic rings. The molecule has 0 bridgehead atoms. The van der Waals surface area contributed by atoms with Crippen LogP contribution in [0.25, 0.3) is 0 Å². The monoisotopic (exact) mass is 474 g/mol. The smallest absolute Gasteiger partial charge is 0.313 e. The van der Waals surface area contributed by atoms with Crippen molar-refractivity contribution in [1.29, 1.82) is 0 Å². The van der Waals surface area contributed by atoms with Gasteiger partial charge in [-0.2, -0.15) is 0 Å². The van der Waals surface area contributed by atoms with Gasteiger partial charge in [0.25, 0.3) is 0 Å². The topological polar surface area (TPSA) is 86.7 Å². The van der Waals surface area contributed by atoms with Gasteiger partial charge in [-0.1, -0.05) is 40.7 Å². The lowest BCUT2D eigenvalue weighted by Gasteiger charge is -2.32. The Bertz CT molecular complexity index is 1050. The van der Waals surface area contributed by atoms with Crippen LogP contribution in [0.2, 0.25) is 0 Å².